The number of thiazole rings is 1. The van der Waals surface area contributed by atoms with Gasteiger partial charge in [-0.2, -0.15) is 0 Å². The van der Waals surface area contributed by atoms with Gasteiger partial charge in [-0.15, -0.1) is 11.3 Å². The Kier molecular flexibility index (Phi) is 2.39. The maximum absolute atomic E-state index is 4.55. The smallest absolute Gasteiger partial charge is 0.0903 e. The Bertz CT molecular complexity index is 646. The predicted molar refractivity (Wildman–Crippen MR) is 79.7 cm³/mol. The molecule has 1 saturated heterocycles. The van der Waals surface area contributed by atoms with Crippen molar-refractivity contribution in [2.24, 2.45) is 5.92 Å². The Morgan fingerprint density at radius 2 is 2.26 bits per heavy atom. The van der Waals surface area contributed by atoms with Gasteiger partial charge in [-0.25, -0.2) is 4.98 Å². The van der Waals surface area contributed by atoms with E-state index in [2.05, 4.69) is 48.4 Å². The van der Waals surface area contributed by atoms with Crippen molar-refractivity contribution < 1.29 is 0 Å². The lowest BCUT2D eigenvalue weighted by Gasteiger charge is -2.13. The molecular formula is C16H18N2S. The van der Waals surface area contributed by atoms with Gasteiger partial charge in [0.15, 0.2) is 0 Å². The molecule has 1 N–H and O–H groups in total. The van der Waals surface area contributed by atoms with Crippen LogP contribution in [0.4, 0.5) is 0 Å². The number of rotatable bonds is 2. The lowest BCUT2D eigenvalue weighted by Crippen LogP contribution is -2.19. The topological polar surface area (TPSA) is 24.9 Å². The Balaban J connectivity index is 1.77. The molecule has 1 aromatic heterocycles. The normalized spacial score (nSPS) is 28.4. The summed E-state index contributed by atoms with van der Waals surface area (Å²) in [5.41, 5.74) is 4.47. The number of nitrogens with one attached hydrogen (secondary N) is 1. The lowest BCUT2D eigenvalue weighted by molar-refractivity contribution is 0.676. The van der Waals surface area contributed by atoms with E-state index in [1.54, 1.807) is 11.3 Å². The second-order valence-electron chi connectivity index (χ2n) is 5.92. The Morgan fingerprint density at radius 1 is 1.37 bits per heavy atom. The Labute approximate surface area is 117 Å². The average Bonchev–Trinajstić information content (AvgIpc) is 2.79. The molecule has 98 valence electrons. The van der Waals surface area contributed by atoms with E-state index in [9.17, 15) is 0 Å². The van der Waals surface area contributed by atoms with Crippen molar-refractivity contribution in [3.05, 3.63) is 40.5 Å². The third kappa shape index (κ3) is 1.68. The van der Waals surface area contributed by atoms with Gasteiger partial charge in [0.25, 0.3) is 0 Å². The standard InChI is InChI=1S/C16H18N2S/c1-10-15(19-11(2)18-10)12-4-3-5-13(6-12)16-7-14(16)8-17-9-16/h3-6,14,17H,7-9H2,1-2H3. The highest BCUT2D eigenvalue weighted by Crippen LogP contribution is 2.56. The van der Waals surface area contributed by atoms with Crippen LogP contribution >= 0.6 is 11.3 Å². The second kappa shape index (κ2) is 3.90. The average molecular weight is 270 g/mol. The van der Waals surface area contributed by atoms with Crippen molar-refractivity contribution in [2.45, 2.75) is 25.7 Å². The molecule has 2 aliphatic rings. The number of hydrogen-bond donors (Lipinski definition) is 1. The number of aryl methyl sites for hydroxylation is 2. The van der Waals surface area contributed by atoms with Crippen LogP contribution in [-0.2, 0) is 5.41 Å². The highest BCUT2D eigenvalue weighted by atomic mass is 32.1. The van der Waals surface area contributed by atoms with E-state index in [0.29, 0.717) is 5.41 Å². The minimum atomic E-state index is 0.448. The summed E-state index contributed by atoms with van der Waals surface area (Å²) >= 11 is 1.80. The molecule has 0 bridgehead atoms. The van der Waals surface area contributed by atoms with E-state index >= 15 is 0 Å². The first-order chi connectivity index (χ1) is 9.19. The zero-order valence-electron chi connectivity index (χ0n) is 11.4. The molecule has 4 rings (SSSR count). The summed E-state index contributed by atoms with van der Waals surface area (Å²) in [5, 5.41) is 4.68. The first-order valence-corrected chi connectivity index (χ1v) is 7.76. The van der Waals surface area contributed by atoms with Gasteiger partial charge in [-0.1, -0.05) is 18.2 Å². The molecule has 1 saturated carbocycles. The first kappa shape index (κ1) is 11.6. The fourth-order valence-corrected chi connectivity index (χ4v) is 4.48. The lowest BCUT2D eigenvalue weighted by atomic mass is 9.93. The number of aromatic nitrogens is 1. The molecule has 1 aromatic carbocycles. The summed E-state index contributed by atoms with van der Waals surface area (Å²) in [6.45, 7) is 6.55. The fraction of sp³-hybridized carbons (Fsp3) is 0.438. The number of hydrogen-bond acceptors (Lipinski definition) is 3. The Hall–Kier alpha value is -1.19. The van der Waals surface area contributed by atoms with E-state index in [1.807, 2.05) is 0 Å². The van der Waals surface area contributed by atoms with Gasteiger partial charge in [0.2, 0.25) is 0 Å². The molecule has 19 heavy (non-hydrogen) atoms. The van der Waals surface area contributed by atoms with Crippen LogP contribution in [0.25, 0.3) is 10.4 Å². The number of piperidine rings is 1. The van der Waals surface area contributed by atoms with Crippen molar-refractivity contribution in [3.8, 4) is 10.4 Å². The largest absolute Gasteiger partial charge is 0.316 e. The molecule has 0 radical (unpaired) electrons. The zero-order valence-corrected chi connectivity index (χ0v) is 12.2. The molecule has 0 amide bonds. The summed E-state index contributed by atoms with van der Waals surface area (Å²) in [5.74, 6) is 0.868. The highest BCUT2D eigenvalue weighted by molar-refractivity contribution is 7.15. The summed E-state index contributed by atoms with van der Waals surface area (Å²) in [6.07, 6.45) is 1.37. The molecule has 2 heterocycles. The summed E-state index contributed by atoms with van der Waals surface area (Å²) in [7, 11) is 0. The third-order valence-corrected chi connectivity index (χ3v) is 5.79. The predicted octanol–water partition coefficient (Wildman–Crippen LogP) is 3.29. The molecule has 1 aliphatic carbocycles. The van der Waals surface area contributed by atoms with E-state index < -0.39 is 0 Å². The van der Waals surface area contributed by atoms with Crippen LogP contribution in [0, 0.1) is 19.8 Å². The minimum Gasteiger partial charge on any atom is -0.316 e. The minimum absolute atomic E-state index is 0.448. The third-order valence-electron chi connectivity index (χ3n) is 4.67. The van der Waals surface area contributed by atoms with E-state index in [1.165, 1.54) is 29.0 Å². The van der Waals surface area contributed by atoms with Gasteiger partial charge in [0.05, 0.1) is 15.6 Å². The van der Waals surface area contributed by atoms with Crippen molar-refractivity contribution in [3.63, 3.8) is 0 Å². The van der Waals surface area contributed by atoms with Gasteiger partial charge in [0, 0.05) is 12.0 Å². The molecular weight excluding hydrogens is 252 g/mol. The molecule has 2 nitrogen and oxygen atoms in total. The van der Waals surface area contributed by atoms with Crippen LogP contribution in [0.2, 0.25) is 0 Å². The van der Waals surface area contributed by atoms with Crippen LogP contribution in [-0.4, -0.2) is 18.1 Å². The van der Waals surface area contributed by atoms with E-state index in [-0.39, 0.29) is 0 Å². The number of fused-ring (bicyclic) bond motifs is 1. The van der Waals surface area contributed by atoms with Crippen LogP contribution in [0.15, 0.2) is 24.3 Å². The molecule has 2 aromatic rings. The maximum Gasteiger partial charge on any atom is 0.0903 e. The molecule has 2 atom stereocenters. The van der Waals surface area contributed by atoms with Crippen molar-refractivity contribution >= 4 is 11.3 Å². The summed E-state index contributed by atoms with van der Waals surface area (Å²) in [6, 6.07) is 9.13. The van der Waals surface area contributed by atoms with Gasteiger partial charge in [-0.3, -0.25) is 0 Å². The van der Waals surface area contributed by atoms with Crippen LogP contribution in [0.5, 0.6) is 0 Å². The molecule has 1 aliphatic heterocycles. The van der Waals surface area contributed by atoms with Crippen molar-refractivity contribution in [1.82, 2.24) is 10.3 Å². The number of nitrogens with zero attached hydrogens (tertiary/aromatic N) is 1. The van der Waals surface area contributed by atoms with Gasteiger partial charge < -0.3 is 5.32 Å². The van der Waals surface area contributed by atoms with Gasteiger partial charge in [-0.05, 0) is 49.9 Å². The van der Waals surface area contributed by atoms with Crippen LogP contribution in [0.1, 0.15) is 22.7 Å². The first-order valence-electron chi connectivity index (χ1n) is 6.95. The summed E-state index contributed by atoms with van der Waals surface area (Å²) < 4.78 is 0. The Morgan fingerprint density at radius 3 is 2.89 bits per heavy atom. The summed E-state index contributed by atoms with van der Waals surface area (Å²) in [4.78, 5) is 5.88. The molecule has 2 fully saturated rings. The SMILES string of the molecule is Cc1nc(C)c(-c2cccc(C34CNCC3C4)c2)s1. The van der Waals surface area contributed by atoms with Crippen LogP contribution in [0.3, 0.4) is 0 Å². The highest BCUT2D eigenvalue weighted by Gasteiger charge is 2.57. The molecule has 0 spiro atoms. The maximum atomic E-state index is 4.55. The zero-order chi connectivity index (χ0) is 13.0. The van der Waals surface area contributed by atoms with Crippen molar-refractivity contribution in [1.29, 1.82) is 0 Å². The van der Waals surface area contributed by atoms with E-state index in [4.69, 9.17) is 0 Å². The monoisotopic (exact) mass is 270 g/mol. The van der Waals surface area contributed by atoms with Crippen LogP contribution < -0.4 is 5.32 Å². The van der Waals surface area contributed by atoms with E-state index in [0.717, 1.165) is 23.2 Å². The van der Waals surface area contributed by atoms with Crippen molar-refractivity contribution in [2.75, 3.05) is 13.1 Å². The fourth-order valence-electron chi connectivity index (χ4n) is 3.56. The van der Waals surface area contributed by atoms with Gasteiger partial charge >= 0.3 is 0 Å². The second-order valence-corrected chi connectivity index (χ2v) is 7.12. The number of benzene rings is 1. The van der Waals surface area contributed by atoms with Gasteiger partial charge in [0.1, 0.15) is 0 Å². The quantitative estimate of drug-likeness (QED) is 0.906. The molecule has 3 heteroatoms. The molecule has 2 unspecified atom stereocenters.